The molecule has 8 nitrogen and oxygen atoms in total. The molecular formula is C17H26N6O2. The van der Waals surface area contributed by atoms with Crippen LogP contribution in [0, 0.1) is 5.92 Å². The van der Waals surface area contributed by atoms with Crippen molar-refractivity contribution in [1.82, 2.24) is 30.9 Å². The Hall–Kier alpha value is -2.64. The van der Waals surface area contributed by atoms with Crippen molar-refractivity contribution in [1.29, 1.82) is 0 Å². The molecule has 1 aromatic carbocycles. The zero-order valence-corrected chi connectivity index (χ0v) is 15.2. The third kappa shape index (κ3) is 5.44. The number of rotatable bonds is 7. The molecule has 0 aliphatic carbocycles. The summed E-state index contributed by atoms with van der Waals surface area (Å²) in [6, 6.07) is 5.18. The molecule has 3 N–H and O–H groups in total. The van der Waals surface area contributed by atoms with Crippen molar-refractivity contribution < 1.29 is 9.59 Å². The Morgan fingerprint density at radius 1 is 1.16 bits per heavy atom. The molecule has 0 radical (unpaired) electrons. The van der Waals surface area contributed by atoms with Gasteiger partial charge >= 0.3 is 6.03 Å². The van der Waals surface area contributed by atoms with E-state index in [0.29, 0.717) is 36.6 Å². The van der Waals surface area contributed by atoms with E-state index < -0.39 is 0 Å². The zero-order valence-electron chi connectivity index (χ0n) is 15.2. The molecule has 1 aromatic heterocycles. The highest BCUT2D eigenvalue weighted by atomic mass is 16.2. The predicted molar refractivity (Wildman–Crippen MR) is 96.4 cm³/mol. The fourth-order valence-corrected chi connectivity index (χ4v) is 2.26. The summed E-state index contributed by atoms with van der Waals surface area (Å²) in [5, 5.41) is 16.6. The fraction of sp³-hybridized carbons (Fsp3) is 0.529. The maximum atomic E-state index is 12.0. The van der Waals surface area contributed by atoms with Crippen LogP contribution in [0.3, 0.4) is 0 Å². The van der Waals surface area contributed by atoms with Crippen molar-refractivity contribution in [3.8, 4) is 0 Å². The Bertz CT molecular complexity index is 738. The summed E-state index contributed by atoms with van der Waals surface area (Å²) in [6.45, 7) is 9.49. The lowest BCUT2D eigenvalue weighted by Crippen LogP contribution is -2.38. The number of aromatic nitrogens is 3. The van der Waals surface area contributed by atoms with Crippen LogP contribution in [-0.2, 0) is 6.54 Å². The van der Waals surface area contributed by atoms with E-state index in [1.165, 1.54) is 0 Å². The zero-order chi connectivity index (χ0) is 18.4. The molecule has 0 fully saturated rings. The summed E-state index contributed by atoms with van der Waals surface area (Å²) in [5.74, 6) is 0.280. The maximum absolute atomic E-state index is 12.0. The van der Waals surface area contributed by atoms with Crippen LogP contribution in [-0.4, -0.2) is 46.1 Å². The lowest BCUT2D eigenvalue weighted by atomic mass is 10.2. The van der Waals surface area contributed by atoms with Crippen LogP contribution in [0.1, 0.15) is 38.1 Å². The summed E-state index contributed by atoms with van der Waals surface area (Å²) >= 11 is 0. The van der Waals surface area contributed by atoms with Crippen LogP contribution in [0.4, 0.5) is 4.79 Å². The van der Waals surface area contributed by atoms with Crippen LogP contribution in [0.2, 0.25) is 0 Å². The van der Waals surface area contributed by atoms with Crippen molar-refractivity contribution in [3.63, 3.8) is 0 Å². The van der Waals surface area contributed by atoms with Gasteiger partial charge in [-0.15, -0.1) is 5.10 Å². The number of carbonyl (C=O) groups excluding carboxylic acids is 2. The monoisotopic (exact) mass is 346 g/mol. The van der Waals surface area contributed by atoms with E-state index in [1.54, 1.807) is 16.8 Å². The minimum absolute atomic E-state index is 0.0757. The molecule has 0 bridgehead atoms. The summed E-state index contributed by atoms with van der Waals surface area (Å²) in [5.41, 5.74) is 2.03. The van der Waals surface area contributed by atoms with Gasteiger partial charge in [-0.1, -0.05) is 19.1 Å². The molecule has 0 saturated carbocycles. The first-order chi connectivity index (χ1) is 11.9. The lowest BCUT2D eigenvalue weighted by Gasteiger charge is -2.10. The summed E-state index contributed by atoms with van der Waals surface area (Å²) in [4.78, 5) is 23.7. The van der Waals surface area contributed by atoms with E-state index in [-0.39, 0.29) is 18.0 Å². The first-order valence-electron chi connectivity index (χ1n) is 8.52. The molecule has 8 heteroatoms. The van der Waals surface area contributed by atoms with E-state index in [1.807, 2.05) is 33.8 Å². The van der Waals surface area contributed by atoms with Crippen LogP contribution >= 0.6 is 0 Å². The van der Waals surface area contributed by atoms with Gasteiger partial charge in [0.05, 0.1) is 12.1 Å². The molecule has 1 heterocycles. The number of fused-ring (bicyclic) bond motifs is 1. The molecule has 3 amide bonds. The van der Waals surface area contributed by atoms with Gasteiger partial charge in [0, 0.05) is 24.7 Å². The van der Waals surface area contributed by atoms with E-state index in [2.05, 4.69) is 26.3 Å². The van der Waals surface area contributed by atoms with Gasteiger partial charge in [0.25, 0.3) is 5.91 Å². The molecule has 0 saturated heterocycles. The lowest BCUT2D eigenvalue weighted by molar-refractivity contribution is 0.0943. The van der Waals surface area contributed by atoms with Crippen LogP contribution in [0.15, 0.2) is 18.2 Å². The Balaban J connectivity index is 1.94. The number of nitrogens with one attached hydrogen (secondary N) is 3. The van der Waals surface area contributed by atoms with Gasteiger partial charge in [-0.05, 0) is 38.0 Å². The quantitative estimate of drug-likeness (QED) is 0.707. The Morgan fingerprint density at radius 3 is 2.60 bits per heavy atom. The first-order valence-corrected chi connectivity index (χ1v) is 8.52. The second kappa shape index (κ2) is 8.46. The highest BCUT2D eigenvalue weighted by molar-refractivity contribution is 5.97. The number of urea groups is 1. The van der Waals surface area contributed by atoms with Crippen molar-refractivity contribution >= 4 is 23.0 Å². The topological polar surface area (TPSA) is 101 Å². The average Bonchev–Trinajstić information content (AvgIpc) is 2.94. The van der Waals surface area contributed by atoms with Crippen LogP contribution < -0.4 is 16.0 Å². The van der Waals surface area contributed by atoms with Gasteiger partial charge in [0.1, 0.15) is 5.52 Å². The first kappa shape index (κ1) is 18.7. The smallest absolute Gasteiger partial charge is 0.314 e. The number of amides is 3. The minimum Gasteiger partial charge on any atom is -0.350 e. The van der Waals surface area contributed by atoms with E-state index in [4.69, 9.17) is 0 Å². The van der Waals surface area contributed by atoms with Crippen molar-refractivity contribution in [2.24, 2.45) is 5.92 Å². The summed E-state index contributed by atoms with van der Waals surface area (Å²) in [7, 11) is 0. The number of carbonyl (C=O) groups is 2. The minimum atomic E-state index is -0.189. The second-order valence-electron chi connectivity index (χ2n) is 6.67. The molecular weight excluding hydrogens is 320 g/mol. The Morgan fingerprint density at radius 2 is 1.92 bits per heavy atom. The number of benzene rings is 1. The fourth-order valence-electron chi connectivity index (χ4n) is 2.26. The third-order valence-electron chi connectivity index (χ3n) is 3.48. The standard InChI is InChI=1S/C17H26N6O2/c1-11(2)10-19-17(25)18-7-8-23-15-6-5-13(9-14(15)21-22-23)16(24)20-12(3)4/h5-6,9,11-12H,7-8,10H2,1-4H3,(H,20,24)(H2,18,19,25). The van der Waals surface area contributed by atoms with Crippen molar-refractivity contribution in [3.05, 3.63) is 23.8 Å². The van der Waals surface area contributed by atoms with Gasteiger partial charge in [0.15, 0.2) is 0 Å². The van der Waals surface area contributed by atoms with Crippen LogP contribution in [0.5, 0.6) is 0 Å². The molecule has 2 rings (SSSR count). The highest BCUT2D eigenvalue weighted by Gasteiger charge is 2.11. The molecule has 0 spiro atoms. The largest absolute Gasteiger partial charge is 0.350 e. The summed E-state index contributed by atoms with van der Waals surface area (Å²) in [6.07, 6.45) is 0. The van der Waals surface area contributed by atoms with E-state index >= 15 is 0 Å². The van der Waals surface area contributed by atoms with Gasteiger partial charge in [0.2, 0.25) is 0 Å². The molecule has 136 valence electrons. The van der Waals surface area contributed by atoms with Crippen LogP contribution in [0.25, 0.3) is 11.0 Å². The SMILES string of the molecule is CC(C)CNC(=O)NCCn1nnc2cc(C(=O)NC(C)C)ccc21. The second-order valence-corrected chi connectivity index (χ2v) is 6.67. The molecule has 0 atom stereocenters. The average molecular weight is 346 g/mol. The predicted octanol–water partition coefficient (Wildman–Crippen LogP) is 1.52. The van der Waals surface area contributed by atoms with Gasteiger partial charge in [-0.3, -0.25) is 4.79 Å². The van der Waals surface area contributed by atoms with Gasteiger partial charge in [-0.25, -0.2) is 9.48 Å². The van der Waals surface area contributed by atoms with Crippen molar-refractivity contribution in [2.45, 2.75) is 40.3 Å². The van der Waals surface area contributed by atoms with Gasteiger partial charge in [-0.2, -0.15) is 0 Å². The molecule has 0 aliphatic heterocycles. The number of hydrogen-bond acceptors (Lipinski definition) is 4. The molecule has 0 unspecified atom stereocenters. The molecule has 2 aromatic rings. The third-order valence-corrected chi connectivity index (χ3v) is 3.48. The Labute approximate surface area is 147 Å². The normalized spacial score (nSPS) is 11.1. The number of hydrogen-bond donors (Lipinski definition) is 3. The van der Waals surface area contributed by atoms with E-state index in [9.17, 15) is 9.59 Å². The summed E-state index contributed by atoms with van der Waals surface area (Å²) < 4.78 is 1.71. The van der Waals surface area contributed by atoms with Gasteiger partial charge < -0.3 is 16.0 Å². The number of nitrogens with zero attached hydrogens (tertiary/aromatic N) is 3. The molecule has 0 aliphatic rings. The Kier molecular flexibility index (Phi) is 6.32. The van der Waals surface area contributed by atoms with E-state index in [0.717, 1.165) is 5.52 Å². The highest BCUT2D eigenvalue weighted by Crippen LogP contribution is 2.13. The maximum Gasteiger partial charge on any atom is 0.314 e. The molecule has 25 heavy (non-hydrogen) atoms. The van der Waals surface area contributed by atoms with Crippen molar-refractivity contribution in [2.75, 3.05) is 13.1 Å².